The minimum Gasteiger partial charge on any atom is -0.331 e. The predicted molar refractivity (Wildman–Crippen MR) is 48.7 cm³/mol. The van der Waals surface area contributed by atoms with E-state index in [-0.39, 0.29) is 18.2 Å². The fraction of sp³-hybridized carbons (Fsp3) is 0.556. The highest BCUT2D eigenvalue weighted by molar-refractivity contribution is 6.15. The number of Topliss-reactive ketones (excluding diaryl/α,β-unsaturated/α-hetero) is 1. The molecule has 72 valence electrons. The van der Waals surface area contributed by atoms with Crippen molar-refractivity contribution >= 4 is 11.7 Å². The fourth-order valence-corrected chi connectivity index (χ4v) is 1.31. The maximum Gasteiger partial charge on any atom is 0.237 e. The molecule has 1 amide bonds. The predicted octanol–water partition coefficient (Wildman–Crippen LogP) is -0.0558. The minimum atomic E-state index is -0.927. The van der Waals surface area contributed by atoms with Crippen molar-refractivity contribution in [3.8, 4) is 0 Å². The minimum absolute atomic E-state index is 0.152. The summed E-state index contributed by atoms with van der Waals surface area (Å²) < 4.78 is 0. The molecule has 1 rings (SSSR count). The Morgan fingerprint density at radius 3 is 2.62 bits per heavy atom. The van der Waals surface area contributed by atoms with Gasteiger partial charge >= 0.3 is 0 Å². The lowest BCUT2D eigenvalue weighted by molar-refractivity contribution is -0.139. The second-order valence-corrected chi connectivity index (χ2v) is 3.36. The van der Waals surface area contributed by atoms with Gasteiger partial charge in [-0.05, 0) is 13.3 Å². The van der Waals surface area contributed by atoms with Crippen molar-refractivity contribution in [2.75, 3.05) is 6.54 Å². The van der Waals surface area contributed by atoms with E-state index in [2.05, 4.69) is 5.32 Å². The van der Waals surface area contributed by atoms with Crippen molar-refractivity contribution in [3.63, 3.8) is 0 Å². The van der Waals surface area contributed by atoms with E-state index in [9.17, 15) is 9.59 Å². The molecule has 0 aliphatic carbocycles. The number of carbonyl (C=O) groups excluding carboxylic acids is 2. The van der Waals surface area contributed by atoms with Gasteiger partial charge in [0, 0.05) is 18.3 Å². The van der Waals surface area contributed by atoms with E-state index in [1.54, 1.807) is 6.92 Å². The zero-order chi connectivity index (χ0) is 10.1. The van der Waals surface area contributed by atoms with E-state index >= 15 is 0 Å². The molecule has 0 saturated carbocycles. The summed E-state index contributed by atoms with van der Waals surface area (Å²) in [5, 5.41) is 2.55. The van der Waals surface area contributed by atoms with Gasteiger partial charge in [-0.1, -0.05) is 6.92 Å². The summed E-state index contributed by atoms with van der Waals surface area (Å²) in [5.74, 6) is -0.390. The Labute approximate surface area is 77.2 Å². The number of nitrogens with one attached hydrogen (secondary N) is 1. The van der Waals surface area contributed by atoms with Crippen LogP contribution in [0.3, 0.4) is 0 Å². The summed E-state index contributed by atoms with van der Waals surface area (Å²) in [7, 11) is 0. The first-order chi connectivity index (χ1) is 6.06. The van der Waals surface area contributed by atoms with Gasteiger partial charge in [0.25, 0.3) is 0 Å². The molecule has 0 spiro atoms. The monoisotopic (exact) mass is 182 g/mol. The van der Waals surface area contributed by atoms with Crippen LogP contribution in [0.4, 0.5) is 0 Å². The third-order valence-corrected chi connectivity index (χ3v) is 2.60. The molecule has 0 radical (unpaired) electrons. The first-order valence-corrected chi connectivity index (χ1v) is 4.31. The maximum absolute atomic E-state index is 11.7. The van der Waals surface area contributed by atoms with Gasteiger partial charge in [0.15, 0.2) is 5.78 Å². The molecule has 0 saturated heterocycles. The number of hydrogen-bond donors (Lipinski definition) is 2. The van der Waals surface area contributed by atoms with E-state index in [4.69, 9.17) is 5.73 Å². The van der Waals surface area contributed by atoms with Gasteiger partial charge in [0.2, 0.25) is 5.91 Å². The van der Waals surface area contributed by atoms with E-state index in [0.717, 1.165) is 0 Å². The van der Waals surface area contributed by atoms with Crippen LogP contribution in [0.15, 0.2) is 11.8 Å². The van der Waals surface area contributed by atoms with E-state index in [1.165, 1.54) is 6.20 Å². The number of amides is 1. The van der Waals surface area contributed by atoms with Crippen molar-refractivity contribution in [1.82, 2.24) is 5.32 Å². The van der Waals surface area contributed by atoms with E-state index in [0.29, 0.717) is 12.0 Å². The van der Waals surface area contributed by atoms with Crippen molar-refractivity contribution in [2.24, 2.45) is 11.1 Å². The Hall–Kier alpha value is -1.16. The molecule has 0 aromatic carbocycles. The lowest BCUT2D eigenvalue weighted by Crippen LogP contribution is -2.48. The number of carbonyl (C=O) groups is 2. The van der Waals surface area contributed by atoms with Crippen LogP contribution in [0.1, 0.15) is 20.3 Å². The maximum atomic E-state index is 11.7. The second-order valence-electron chi connectivity index (χ2n) is 3.36. The summed E-state index contributed by atoms with van der Waals surface area (Å²) in [6.07, 6.45) is 1.90. The summed E-state index contributed by atoms with van der Waals surface area (Å²) in [6.45, 7) is 3.64. The highest BCUT2D eigenvalue weighted by Crippen LogP contribution is 2.28. The molecule has 0 bridgehead atoms. The molecule has 0 aromatic heterocycles. The zero-order valence-electron chi connectivity index (χ0n) is 7.89. The van der Waals surface area contributed by atoms with Crippen molar-refractivity contribution in [3.05, 3.63) is 11.8 Å². The van der Waals surface area contributed by atoms with Gasteiger partial charge < -0.3 is 11.1 Å². The number of hydrogen-bond acceptors (Lipinski definition) is 3. The van der Waals surface area contributed by atoms with Gasteiger partial charge in [-0.15, -0.1) is 0 Å². The molecule has 0 fully saturated rings. The Balaban J connectivity index is 3.06. The first-order valence-electron chi connectivity index (χ1n) is 4.31. The van der Waals surface area contributed by atoms with Crippen LogP contribution in [-0.2, 0) is 9.59 Å². The molecule has 4 nitrogen and oxygen atoms in total. The second kappa shape index (κ2) is 3.30. The highest BCUT2D eigenvalue weighted by atomic mass is 16.2. The first kappa shape index (κ1) is 9.92. The van der Waals surface area contributed by atoms with Crippen LogP contribution in [0.25, 0.3) is 0 Å². The van der Waals surface area contributed by atoms with Crippen LogP contribution in [0.5, 0.6) is 0 Å². The van der Waals surface area contributed by atoms with Crippen LogP contribution < -0.4 is 11.1 Å². The third kappa shape index (κ3) is 1.37. The zero-order valence-corrected chi connectivity index (χ0v) is 7.89. The van der Waals surface area contributed by atoms with Gasteiger partial charge in [-0.3, -0.25) is 9.59 Å². The van der Waals surface area contributed by atoms with Gasteiger partial charge in [0.1, 0.15) is 5.41 Å². The normalized spacial score (nSPS) is 28.4. The SMILES string of the molecule is CCC1(C)C(=O)NC=C(CN)C1=O. The Bertz CT molecular complexity index is 283. The Kier molecular flexibility index (Phi) is 2.52. The molecule has 13 heavy (non-hydrogen) atoms. The Morgan fingerprint density at radius 2 is 2.15 bits per heavy atom. The molecular weight excluding hydrogens is 168 g/mol. The average Bonchev–Trinajstić information content (AvgIpc) is 2.15. The lowest BCUT2D eigenvalue weighted by atomic mass is 9.77. The largest absolute Gasteiger partial charge is 0.331 e. The molecule has 1 unspecified atom stereocenters. The number of nitrogens with two attached hydrogens (primary N) is 1. The summed E-state index contributed by atoms with van der Waals surface area (Å²) >= 11 is 0. The molecule has 4 heteroatoms. The summed E-state index contributed by atoms with van der Waals surface area (Å²) in [5.41, 5.74) is 4.94. The quantitative estimate of drug-likeness (QED) is 0.588. The van der Waals surface area contributed by atoms with E-state index in [1.807, 2.05) is 6.92 Å². The molecule has 1 aliphatic heterocycles. The van der Waals surface area contributed by atoms with Gasteiger partial charge in [-0.25, -0.2) is 0 Å². The molecule has 1 aliphatic rings. The molecule has 0 aromatic rings. The third-order valence-electron chi connectivity index (χ3n) is 2.60. The smallest absolute Gasteiger partial charge is 0.237 e. The average molecular weight is 182 g/mol. The fourth-order valence-electron chi connectivity index (χ4n) is 1.31. The van der Waals surface area contributed by atoms with Crippen molar-refractivity contribution < 1.29 is 9.59 Å². The topological polar surface area (TPSA) is 72.2 Å². The standard InChI is InChI=1S/C9H14N2O2/c1-3-9(2)7(12)6(4-10)5-11-8(9)13/h5H,3-4,10H2,1-2H3,(H,11,13). The van der Waals surface area contributed by atoms with Crippen LogP contribution >= 0.6 is 0 Å². The molecule has 1 atom stereocenters. The van der Waals surface area contributed by atoms with Crippen molar-refractivity contribution in [1.29, 1.82) is 0 Å². The van der Waals surface area contributed by atoms with Gasteiger partial charge in [0.05, 0.1) is 0 Å². The van der Waals surface area contributed by atoms with Crippen molar-refractivity contribution in [2.45, 2.75) is 20.3 Å². The molecular formula is C9H14N2O2. The summed E-state index contributed by atoms with van der Waals surface area (Å²) in [4.78, 5) is 23.1. The van der Waals surface area contributed by atoms with Gasteiger partial charge in [-0.2, -0.15) is 0 Å². The number of ketones is 1. The lowest BCUT2D eigenvalue weighted by Gasteiger charge is -2.29. The number of rotatable bonds is 2. The Morgan fingerprint density at radius 1 is 1.54 bits per heavy atom. The van der Waals surface area contributed by atoms with E-state index < -0.39 is 5.41 Å². The summed E-state index contributed by atoms with van der Waals surface area (Å²) in [6, 6.07) is 0. The van der Waals surface area contributed by atoms with Crippen LogP contribution in [-0.4, -0.2) is 18.2 Å². The van der Waals surface area contributed by atoms with Crippen LogP contribution in [0, 0.1) is 5.41 Å². The molecule has 1 heterocycles. The van der Waals surface area contributed by atoms with Crippen LogP contribution in [0.2, 0.25) is 0 Å². The molecule has 3 N–H and O–H groups in total. The highest BCUT2D eigenvalue weighted by Gasteiger charge is 2.42.